The van der Waals surface area contributed by atoms with Crippen molar-refractivity contribution in [1.29, 1.82) is 0 Å². The van der Waals surface area contributed by atoms with Crippen molar-refractivity contribution < 1.29 is 132 Å². The second-order valence-electron chi connectivity index (χ2n) is 14.5. The lowest BCUT2D eigenvalue weighted by Crippen LogP contribution is -2.72. The molecule has 0 aliphatic carbocycles. The maximum absolute atomic E-state index is 15.0. The maximum atomic E-state index is 15.0. The lowest BCUT2D eigenvalue weighted by Gasteiger charge is -2.42. The minimum absolute atomic E-state index is 0.467. The molecule has 32 heteroatoms. The summed E-state index contributed by atoms with van der Waals surface area (Å²) in [5, 5.41) is 0. The monoisotopic (exact) mass is 1030 g/mol. The Morgan fingerprint density at radius 1 is 0.348 bits per heavy atom. The number of aromatic nitrogens is 2. The molecular weight excluding hydrogens is 1010 g/mol. The van der Waals surface area contributed by atoms with Crippen LogP contribution in [0.4, 0.5) is 132 Å². The lowest BCUT2D eigenvalue weighted by atomic mass is 9.83. The summed E-state index contributed by atoms with van der Waals surface area (Å²) < 4.78 is 414. The second kappa shape index (κ2) is 17.6. The molecule has 0 saturated carbocycles. The van der Waals surface area contributed by atoms with Gasteiger partial charge in [0.05, 0.1) is 11.4 Å². The van der Waals surface area contributed by atoms with Crippen molar-refractivity contribution in [2.45, 2.75) is 148 Å². The van der Waals surface area contributed by atoms with Gasteiger partial charge in [0.15, 0.2) is 0 Å². The number of pyridine rings is 2. The first kappa shape index (κ1) is 58.3. The Balaban J connectivity index is 2.64. The van der Waals surface area contributed by atoms with Gasteiger partial charge >= 0.3 is 83.4 Å². The van der Waals surface area contributed by atoms with Gasteiger partial charge in [-0.05, 0) is 60.1 Å². The van der Waals surface area contributed by atoms with Gasteiger partial charge in [-0.2, -0.15) is 132 Å². The summed E-state index contributed by atoms with van der Waals surface area (Å²) in [5.74, 6) is -102. The van der Waals surface area contributed by atoms with Crippen LogP contribution in [-0.4, -0.2) is 93.4 Å². The van der Waals surface area contributed by atoms with Crippen molar-refractivity contribution in [3.63, 3.8) is 0 Å². The fraction of sp³-hybridized carbons (Fsp3) is 0.706. The first-order valence-electron chi connectivity index (χ1n) is 17.6. The van der Waals surface area contributed by atoms with Crippen LogP contribution in [0.5, 0.6) is 0 Å². The van der Waals surface area contributed by atoms with Crippen LogP contribution in [0.2, 0.25) is 0 Å². The molecule has 0 spiro atoms. The highest BCUT2D eigenvalue weighted by molar-refractivity contribution is 5.56. The van der Waals surface area contributed by atoms with Crippen LogP contribution < -0.4 is 0 Å². The molecule has 0 N–H and O–H groups in total. The molecule has 0 aliphatic rings. The SMILES string of the molecule is CCCC(CC(F)(F)C(F)(F)C(F)(F)C(F)(F)C(F)(F)C(F)(F)C(F)(F)F)c1ccnc(-c2cc(C(CCC)CC(F)(F)C(F)(F)C(F)(F)C(F)(F)C(F)(F)C(F)(F)C(F)(F)F)ccn2)c1. The van der Waals surface area contributed by atoms with Crippen molar-refractivity contribution >= 4 is 0 Å². The number of alkyl halides is 30. The van der Waals surface area contributed by atoms with Gasteiger partial charge in [0.1, 0.15) is 0 Å². The van der Waals surface area contributed by atoms with Gasteiger partial charge in [0.25, 0.3) is 0 Å². The Bertz CT molecular complexity index is 1830. The zero-order valence-electron chi connectivity index (χ0n) is 32.1. The molecule has 2 aromatic rings. The van der Waals surface area contributed by atoms with E-state index in [0.717, 1.165) is 13.8 Å². The Kier molecular flexibility index (Phi) is 15.6. The highest BCUT2D eigenvalue weighted by Crippen LogP contribution is 2.65. The molecule has 0 bridgehead atoms. The molecular formula is C34H26F30N2. The van der Waals surface area contributed by atoms with E-state index in [9.17, 15) is 132 Å². The molecule has 0 radical (unpaired) electrons. The second-order valence-corrected chi connectivity index (χ2v) is 14.5. The number of rotatable bonds is 21. The van der Waals surface area contributed by atoms with Crippen LogP contribution in [0.25, 0.3) is 11.4 Å². The Labute approximate surface area is 349 Å². The number of nitrogens with zero attached hydrogens (tertiary/aromatic N) is 2. The van der Waals surface area contributed by atoms with Crippen LogP contribution in [0.15, 0.2) is 36.7 Å². The molecule has 0 fully saturated rings. The van der Waals surface area contributed by atoms with Gasteiger partial charge in [-0.15, -0.1) is 0 Å². The molecule has 2 heterocycles. The average molecular weight is 1030 g/mol. The summed E-state index contributed by atoms with van der Waals surface area (Å²) in [7, 11) is 0. The molecule has 66 heavy (non-hydrogen) atoms. The quantitative estimate of drug-likeness (QED) is 0.116. The topological polar surface area (TPSA) is 25.8 Å². The van der Waals surface area contributed by atoms with E-state index in [-0.39, 0.29) is 0 Å². The van der Waals surface area contributed by atoms with Gasteiger partial charge in [0.2, 0.25) is 0 Å². The van der Waals surface area contributed by atoms with Crippen LogP contribution in [0.3, 0.4) is 0 Å². The Hall–Kier alpha value is -3.80. The van der Waals surface area contributed by atoms with E-state index in [1.807, 2.05) is 0 Å². The summed E-state index contributed by atoms with van der Waals surface area (Å²) in [6.07, 6.45) is -23.1. The zero-order chi connectivity index (χ0) is 52.4. The summed E-state index contributed by atoms with van der Waals surface area (Å²) in [4.78, 5) is 7.18. The van der Waals surface area contributed by atoms with E-state index in [0.29, 0.717) is 36.7 Å². The molecule has 2 unspecified atom stereocenters. The van der Waals surface area contributed by atoms with Crippen LogP contribution in [-0.2, 0) is 0 Å². The van der Waals surface area contributed by atoms with Crippen LogP contribution >= 0.6 is 0 Å². The average Bonchev–Trinajstić information content (AvgIpc) is 3.15. The summed E-state index contributed by atoms with van der Waals surface area (Å²) >= 11 is 0. The minimum atomic E-state index is -8.59. The maximum Gasteiger partial charge on any atom is 0.460 e. The van der Waals surface area contributed by atoms with E-state index in [1.54, 1.807) is 0 Å². The van der Waals surface area contributed by atoms with E-state index >= 15 is 0 Å². The van der Waals surface area contributed by atoms with E-state index < -0.39 is 156 Å². The standard InChI is InChI=1S/C34H26F30N2/c1-3-5-17(13-21(35,36)23(39,40)25(43,44)27(47,48)29(51,52)31(55,56)33(59,60)61)15-7-9-65-19(11-15)20-12-16(8-10-66-20)18(6-4-2)14-22(37,38)24(41,42)26(45,46)28(49,50)30(53,54)32(57,58)34(62,63)64/h7-12,17-18H,3-6,13-14H2,1-2H3. The zero-order valence-corrected chi connectivity index (χ0v) is 32.1. The van der Waals surface area contributed by atoms with Gasteiger partial charge in [0, 0.05) is 25.2 Å². The van der Waals surface area contributed by atoms with Crippen molar-refractivity contribution in [2.24, 2.45) is 0 Å². The number of halogens is 30. The molecule has 0 aliphatic heterocycles. The van der Waals surface area contributed by atoms with Crippen LogP contribution in [0.1, 0.15) is 75.3 Å². The summed E-state index contributed by atoms with van der Waals surface area (Å²) in [6.45, 7) is 2.10. The number of hydrogen-bond acceptors (Lipinski definition) is 2. The largest absolute Gasteiger partial charge is 0.460 e. The van der Waals surface area contributed by atoms with Crippen molar-refractivity contribution in [1.82, 2.24) is 9.97 Å². The first-order valence-corrected chi connectivity index (χ1v) is 17.6. The molecule has 382 valence electrons. The van der Waals surface area contributed by atoms with Gasteiger partial charge in [-0.1, -0.05) is 26.7 Å². The molecule has 0 aromatic carbocycles. The first-order chi connectivity index (χ1) is 29.0. The van der Waals surface area contributed by atoms with E-state index in [1.165, 1.54) is 0 Å². The van der Waals surface area contributed by atoms with Gasteiger partial charge in [-0.3, -0.25) is 9.97 Å². The minimum Gasteiger partial charge on any atom is -0.255 e. The van der Waals surface area contributed by atoms with Gasteiger partial charge in [-0.25, -0.2) is 0 Å². The molecule has 2 aromatic heterocycles. The third-order valence-corrected chi connectivity index (χ3v) is 9.84. The summed E-state index contributed by atoms with van der Waals surface area (Å²) in [6, 6.07) is 2.09. The molecule has 0 saturated heterocycles. The Morgan fingerprint density at radius 3 is 0.803 bits per heavy atom. The fourth-order valence-electron chi connectivity index (χ4n) is 6.03. The van der Waals surface area contributed by atoms with E-state index in [4.69, 9.17) is 0 Å². The highest BCUT2D eigenvalue weighted by Gasteiger charge is 2.94. The van der Waals surface area contributed by atoms with Crippen molar-refractivity contribution in [3.05, 3.63) is 47.8 Å². The molecule has 0 amide bonds. The highest BCUT2D eigenvalue weighted by atomic mass is 19.4. The molecule has 2 nitrogen and oxygen atoms in total. The lowest BCUT2D eigenvalue weighted by molar-refractivity contribution is -0.452. The smallest absolute Gasteiger partial charge is 0.255 e. The summed E-state index contributed by atoms with van der Waals surface area (Å²) in [5.41, 5.74) is -3.22. The predicted molar refractivity (Wildman–Crippen MR) is 163 cm³/mol. The van der Waals surface area contributed by atoms with Crippen LogP contribution in [0, 0.1) is 0 Å². The molecule has 2 rings (SSSR count). The Morgan fingerprint density at radius 2 is 0.576 bits per heavy atom. The third-order valence-electron chi connectivity index (χ3n) is 9.84. The molecule has 2 atom stereocenters. The van der Waals surface area contributed by atoms with E-state index in [2.05, 4.69) is 9.97 Å². The number of hydrogen-bond donors (Lipinski definition) is 0. The third kappa shape index (κ3) is 9.11. The van der Waals surface area contributed by atoms with Crippen molar-refractivity contribution in [2.75, 3.05) is 0 Å². The van der Waals surface area contributed by atoms with Crippen molar-refractivity contribution in [3.8, 4) is 11.4 Å². The predicted octanol–water partition coefficient (Wildman–Crippen LogP) is 15.4. The van der Waals surface area contributed by atoms with Gasteiger partial charge < -0.3 is 0 Å². The fourth-order valence-corrected chi connectivity index (χ4v) is 6.03. The normalized spacial score (nSPS) is 16.4.